The summed E-state index contributed by atoms with van der Waals surface area (Å²) in [6.07, 6.45) is 0. The molecule has 0 saturated heterocycles. The van der Waals surface area contributed by atoms with E-state index in [9.17, 15) is 4.79 Å². The summed E-state index contributed by atoms with van der Waals surface area (Å²) in [6.45, 7) is 4.41. The van der Waals surface area contributed by atoms with Crippen LogP contribution < -0.4 is 10.6 Å². The lowest BCUT2D eigenvalue weighted by Gasteiger charge is -2.14. The molecule has 2 N–H and O–H groups in total. The molecule has 0 aliphatic rings. The first-order valence-electron chi connectivity index (χ1n) is 4.54. The monoisotopic (exact) mass is 199 g/mol. The zero-order valence-corrected chi connectivity index (χ0v) is 8.83. The Morgan fingerprint density at radius 3 is 2.71 bits per heavy atom. The molecule has 0 spiro atoms. The molecular weight excluding hydrogens is 182 g/mol. The molecule has 2 unspecified atom stereocenters. The predicted molar refractivity (Wildman–Crippen MR) is 52.6 cm³/mol. The van der Waals surface area contributed by atoms with E-state index >= 15 is 0 Å². The van der Waals surface area contributed by atoms with Gasteiger partial charge in [-0.2, -0.15) is 5.26 Å². The normalized spacial score (nSPS) is 14.1. The number of carbonyl (C=O) groups excluding carboxylic acids is 1. The first-order chi connectivity index (χ1) is 6.61. The summed E-state index contributed by atoms with van der Waals surface area (Å²) in [6, 6.07) is 1.32. The maximum atomic E-state index is 11.3. The molecule has 0 aromatic heterocycles. The lowest BCUT2D eigenvalue weighted by molar-refractivity contribution is -0.123. The number of carbonyl (C=O) groups is 1. The van der Waals surface area contributed by atoms with Crippen LogP contribution >= 0.6 is 0 Å². The maximum Gasteiger partial charge on any atom is 0.236 e. The van der Waals surface area contributed by atoms with Gasteiger partial charge in [-0.3, -0.25) is 10.1 Å². The second-order valence-electron chi connectivity index (χ2n) is 3.02. The summed E-state index contributed by atoms with van der Waals surface area (Å²) in [5.74, 6) is -0.121. The fraction of sp³-hybridized carbons (Fsp3) is 0.778. The molecule has 0 fully saturated rings. The molecule has 0 radical (unpaired) electrons. The van der Waals surface area contributed by atoms with Gasteiger partial charge in [0, 0.05) is 13.7 Å². The molecule has 0 aliphatic carbocycles. The van der Waals surface area contributed by atoms with Crippen molar-refractivity contribution in [2.45, 2.75) is 25.9 Å². The summed E-state index contributed by atoms with van der Waals surface area (Å²) in [4.78, 5) is 11.3. The second-order valence-corrected chi connectivity index (χ2v) is 3.02. The van der Waals surface area contributed by atoms with Crippen molar-refractivity contribution in [2.24, 2.45) is 0 Å². The van der Waals surface area contributed by atoms with E-state index < -0.39 is 0 Å². The SMILES string of the molecule is COCCNC(=O)C(C)NC(C)C#N. The van der Waals surface area contributed by atoms with Gasteiger partial charge in [0.15, 0.2) is 0 Å². The van der Waals surface area contributed by atoms with Crippen molar-refractivity contribution in [3.8, 4) is 6.07 Å². The maximum absolute atomic E-state index is 11.3. The van der Waals surface area contributed by atoms with Crippen molar-refractivity contribution in [2.75, 3.05) is 20.3 Å². The van der Waals surface area contributed by atoms with E-state index in [2.05, 4.69) is 10.6 Å². The molecule has 0 aromatic rings. The number of nitrogens with zero attached hydrogens (tertiary/aromatic N) is 1. The molecule has 1 amide bonds. The lowest BCUT2D eigenvalue weighted by Crippen LogP contribution is -2.46. The minimum absolute atomic E-state index is 0.121. The molecule has 0 bridgehead atoms. The molecule has 0 saturated carbocycles. The molecule has 0 aliphatic heterocycles. The van der Waals surface area contributed by atoms with Gasteiger partial charge in [0.2, 0.25) is 5.91 Å². The number of rotatable bonds is 6. The van der Waals surface area contributed by atoms with Crippen molar-refractivity contribution in [3.63, 3.8) is 0 Å². The average molecular weight is 199 g/mol. The minimum atomic E-state index is -0.360. The van der Waals surface area contributed by atoms with Gasteiger partial charge in [-0.25, -0.2) is 0 Å². The van der Waals surface area contributed by atoms with Crippen LogP contribution in [0, 0.1) is 11.3 Å². The summed E-state index contributed by atoms with van der Waals surface area (Å²) in [5, 5.41) is 14.0. The van der Waals surface area contributed by atoms with Crippen LogP contribution in [0.2, 0.25) is 0 Å². The van der Waals surface area contributed by atoms with Crippen LogP contribution in [0.4, 0.5) is 0 Å². The van der Waals surface area contributed by atoms with Gasteiger partial charge in [-0.05, 0) is 13.8 Å². The molecule has 0 rings (SSSR count). The Balaban J connectivity index is 3.71. The van der Waals surface area contributed by atoms with Gasteiger partial charge in [0.05, 0.1) is 24.8 Å². The highest BCUT2D eigenvalue weighted by atomic mass is 16.5. The van der Waals surface area contributed by atoms with Crippen molar-refractivity contribution in [3.05, 3.63) is 0 Å². The van der Waals surface area contributed by atoms with Crippen LogP contribution in [0.25, 0.3) is 0 Å². The Hall–Kier alpha value is -1.12. The Morgan fingerprint density at radius 1 is 1.57 bits per heavy atom. The van der Waals surface area contributed by atoms with E-state index in [1.54, 1.807) is 21.0 Å². The predicted octanol–water partition coefficient (Wildman–Crippen LogP) is -0.361. The van der Waals surface area contributed by atoms with Crippen molar-refractivity contribution >= 4 is 5.91 Å². The van der Waals surface area contributed by atoms with E-state index in [-0.39, 0.29) is 18.0 Å². The van der Waals surface area contributed by atoms with Gasteiger partial charge >= 0.3 is 0 Å². The smallest absolute Gasteiger partial charge is 0.236 e. The van der Waals surface area contributed by atoms with Gasteiger partial charge in [0.1, 0.15) is 0 Å². The lowest BCUT2D eigenvalue weighted by atomic mass is 10.2. The minimum Gasteiger partial charge on any atom is -0.383 e. The second kappa shape index (κ2) is 7.30. The molecule has 2 atom stereocenters. The van der Waals surface area contributed by atoms with Crippen LogP contribution in [0.5, 0.6) is 0 Å². The highest BCUT2D eigenvalue weighted by Gasteiger charge is 2.13. The topological polar surface area (TPSA) is 74.2 Å². The quantitative estimate of drug-likeness (QED) is 0.573. The van der Waals surface area contributed by atoms with E-state index in [0.717, 1.165) is 0 Å². The molecule has 80 valence electrons. The largest absolute Gasteiger partial charge is 0.383 e. The fourth-order valence-corrected chi connectivity index (χ4v) is 0.917. The number of nitriles is 1. The van der Waals surface area contributed by atoms with Gasteiger partial charge in [-0.1, -0.05) is 0 Å². The number of hydrogen-bond acceptors (Lipinski definition) is 4. The highest BCUT2D eigenvalue weighted by Crippen LogP contribution is 1.86. The van der Waals surface area contributed by atoms with Crippen molar-refractivity contribution in [1.29, 1.82) is 5.26 Å². The van der Waals surface area contributed by atoms with Gasteiger partial charge in [0.25, 0.3) is 0 Å². The third-order valence-electron chi connectivity index (χ3n) is 1.69. The molecule has 5 nitrogen and oxygen atoms in total. The number of hydrogen-bond donors (Lipinski definition) is 2. The first-order valence-corrected chi connectivity index (χ1v) is 4.54. The fourth-order valence-electron chi connectivity index (χ4n) is 0.917. The Morgan fingerprint density at radius 2 is 2.21 bits per heavy atom. The summed E-state index contributed by atoms with van der Waals surface area (Å²) < 4.78 is 4.79. The van der Waals surface area contributed by atoms with Crippen LogP contribution in [0.1, 0.15) is 13.8 Å². The van der Waals surface area contributed by atoms with Gasteiger partial charge in [-0.15, -0.1) is 0 Å². The number of nitrogens with one attached hydrogen (secondary N) is 2. The van der Waals surface area contributed by atoms with E-state index in [4.69, 9.17) is 10.00 Å². The number of amides is 1. The van der Waals surface area contributed by atoms with Crippen LogP contribution in [-0.4, -0.2) is 38.3 Å². The van der Waals surface area contributed by atoms with Crippen LogP contribution in [0.15, 0.2) is 0 Å². The van der Waals surface area contributed by atoms with Crippen LogP contribution in [0.3, 0.4) is 0 Å². The summed E-state index contributed by atoms with van der Waals surface area (Å²) >= 11 is 0. The van der Waals surface area contributed by atoms with E-state index in [1.807, 2.05) is 6.07 Å². The summed E-state index contributed by atoms with van der Waals surface area (Å²) in [7, 11) is 1.57. The molecule has 0 heterocycles. The highest BCUT2D eigenvalue weighted by molar-refractivity contribution is 5.81. The summed E-state index contributed by atoms with van der Waals surface area (Å²) in [5.41, 5.74) is 0. The van der Waals surface area contributed by atoms with E-state index in [1.165, 1.54) is 0 Å². The Kier molecular flexibility index (Phi) is 6.72. The first kappa shape index (κ1) is 12.9. The zero-order valence-electron chi connectivity index (χ0n) is 8.83. The van der Waals surface area contributed by atoms with E-state index in [0.29, 0.717) is 13.2 Å². The van der Waals surface area contributed by atoms with Crippen LogP contribution in [-0.2, 0) is 9.53 Å². The standard InChI is InChI=1S/C9H17N3O2/c1-7(6-10)12-8(2)9(13)11-4-5-14-3/h7-8,12H,4-5H2,1-3H3,(H,11,13). The average Bonchev–Trinajstić information content (AvgIpc) is 2.17. The Labute approximate surface area is 84.4 Å². The number of methoxy groups -OCH3 is 1. The van der Waals surface area contributed by atoms with Crippen molar-refractivity contribution in [1.82, 2.24) is 10.6 Å². The van der Waals surface area contributed by atoms with Gasteiger partial charge < -0.3 is 10.1 Å². The third kappa shape index (κ3) is 5.51. The molecule has 14 heavy (non-hydrogen) atoms. The Bertz CT molecular complexity index is 213. The third-order valence-corrected chi connectivity index (χ3v) is 1.69. The van der Waals surface area contributed by atoms with Crippen molar-refractivity contribution < 1.29 is 9.53 Å². The molecule has 5 heteroatoms. The molecular formula is C9H17N3O2. The zero-order chi connectivity index (χ0) is 11.0. The molecule has 0 aromatic carbocycles. The number of ether oxygens (including phenoxy) is 1.